The minimum Gasteiger partial charge on any atom is -0.465 e. The van der Waals surface area contributed by atoms with E-state index in [0.29, 0.717) is 113 Å². The first-order chi connectivity index (χ1) is 66.2. The molecule has 2 amide bonds. The minimum absolute atomic E-state index is 0.00144. The summed E-state index contributed by atoms with van der Waals surface area (Å²) in [5.41, 5.74) is 0. The topological polar surface area (TPSA) is 161 Å². The van der Waals surface area contributed by atoms with Crippen LogP contribution < -0.4 is 5.32 Å². The molecule has 2 saturated heterocycles. The average Bonchev–Trinajstić information content (AvgIpc) is 1.83. The van der Waals surface area contributed by atoms with E-state index in [1.54, 1.807) is 0 Å². The normalized spacial score (nSPS) is 14.0. The first-order valence-electron chi connectivity index (χ1n) is 60.4. The summed E-state index contributed by atoms with van der Waals surface area (Å²) in [6.07, 6.45) is 100. The lowest BCUT2D eigenvalue weighted by atomic mass is 9.96. The molecule has 2 aliphatic rings. The van der Waals surface area contributed by atoms with Crippen LogP contribution in [0.15, 0.2) is 0 Å². The van der Waals surface area contributed by atoms with Crippen molar-refractivity contribution in [3.05, 3.63) is 0 Å². The molecule has 800 valence electrons. The Labute approximate surface area is 848 Å². The van der Waals surface area contributed by atoms with E-state index in [9.17, 15) is 28.8 Å². The molecule has 15 heteroatoms. The molecular weight excluding hydrogens is 1740 g/mol. The summed E-state index contributed by atoms with van der Waals surface area (Å²) in [4.78, 5) is 85.3. The number of nitrogens with one attached hydrogen (secondary N) is 1. The van der Waals surface area contributed by atoms with Gasteiger partial charge in [-0.25, -0.2) is 0 Å². The van der Waals surface area contributed by atoms with Crippen molar-refractivity contribution in [2.45, 2.75) is 634 Å². The molecule has 0 aromatic carbocycles. The fourth-order valence-corrected chi connectivity index (χ4v) is 20.6. The third-order valence-electron chi connectivity index (χ3n) is 29.5. The average molecular weight is 1970 g/mol. The predicted octanol–water partition coefficient (Wildman–Crippen LogP) is 36.1. The number of carbonyl (C=O) groups is 6. The van der Waals surface area contributed by atoms with Crippen molar-refractivity contribution < 1.29 is 47.7 Å². The van der Waals surface area contributed by atoms with Crippen molar-refractivity contribution >= 4 is 51.6 Å². The standard InChI is InChI=1S/C60H116N2O5.C56H108BrNO5.C4H9N/c1-6-11-16-19-20-25-30-37-51-62(58(63)48-52-61-49-38-39-50-61)57(44-33-26-21-23-28-35-46-59(64)66-53-55(40-14-9-4)42-31-17-12-7-2)45-34-27-22-24-29-36-47-60(65)67-54-56(41-15-10-5)43-32-18-13-8-3;1-6-11-16-19-20-25-30-37-48-58(54(59)46-47-57)53(42-33-26-21-23-28-35-44-55(60)62-49-51(38-14-9-4)40-31-17-12-7-2)43-34-27-22-24-29-36-45-56(61)63-50-52(39-15-10-5)41-32-18-13-8-3;1-2-4-5-3-1/h55-57H,6-54H2,1-5H3;51-53H,6-50H2,1-5H3;5H,1-4H2. The number of amides is 2. The number of rotatable bonds is 101. The number of nitrogens with zero attached hydrogens (tertiary/aromatic N) is 3. The van der Waals surface area contributed by atoms with E-state index in [2.05, 4.69) is 105 Å². The lowest BCUT2D eigenvalue weighted by Gasteiger charge is -2.33. The van der Waals surface area contributed by atoms with Crippen LogP contribution in [0.5, 0.6) is 0 Å². The maximum Gasteiger partial charge on any atom is 0.305 e. The molecule has 0 aliphatic carbocycles. The zero-order valence-electron chi connectivity index (χ0n) is 92.1. The maximum atomic E-state index is 14.1. The highest BCUT2D eigenvalue weighted by atomic mass is 79.9. The van der Waals surface area contributed by atoms with E-state index < -0.39 is 0 Å². The van der Waals surface area contributed by atoms with Gasteiger partial charge >= 0.3 is 23.9 Å². The molecule has 0 radical (unpaired) electrons. The Hall–Kier alpha value is -2.78. The summed E-state index contributed by atoms with van der Waals surface area (Å²) in [5.74, 6) is 2.79. The van der Waals surface area contributed by atoms with Crippen molar-refractivity contribution in [3.63, 3.8) is 0 Å². The van der Waals surface area contributed by atoms with Gasteiger partial charge in [0.1, 0.15) is 0 Å². The highest BCUT2D eigenvalue weighted by Gasteiger charge is 2.27. The molecule has 0 aromatic heterocycles. The van der Waals surface area contributed by atoms with Gasteiger partial charge in [-0.15, -0.1) is 0 Å². The second kappa shape index (κ2) is 106. The van der Waals surface area contributed by atoms with Crippen LogP contribution in [-0.4, -0.2) is 140 Å². The van der Waals surface area contributed by atoms with Crippen LogP contribution in [-0.2, 0) is 47.7 Å². The van der Waals surface area contributed by atoms with Crippen molar-refractivity contribution in [3.8, 4) is 0 Å². The second-order valence-corrected chi connectivity index (χ2v) is 43.2. The number of likely N-dealkylation sites (tertiary alicyclic amines) is 1. The summed E-state index contributed by atoms with van der Waals surface area (Å²) in [5, 5.41) is 3.95. The van der Waals surface area contributed by atoms with E-state index in [-0.39, 0.29) is 23.9 Å². The number of hydrogen-bond donors (Lipinski definition) is 1. The van der Waals surface area contributed by atoms with Crippen molar-refractivity contribution in [2.75, 3.05) is 77.6 Å². The molecule has 0 aromatic rings. The van der Waals surface area contributed by atoms with E-state index in [1.165, 1.54) is 411 Å². The van der Waals surface area contributed by atoms with Gasteiger partial charge in [0, 0.05) is 75.6 Å². The van der Waals surface area contributed by atoms with Crippen molar-refractivity contribution in [2.24, 2.45) is 23.7 Å². The monoisotopic (exact) mass is 1970 g/mol. The summed E-state index contributed by atoms with van der Waals surface area (Å²) in [6, 6.07) is 0.659. The number of esters is 4. The van der Waals surface area contributed by atoms with Gasteiger partial charge in [-0.05, 0) is 191 Å². The smallest absolute Gasteiger partial charge is 0.305 e. The molecule has 2 rings (SSSR count). The number of hydrogen-bond acceptors (Lipinski definition) is 12. The fraction of sp³-hybridized carbons (Fsp3) is 0.950. The number of alkyl halides is 1. The Balaban J connectivity index is 0.00000253. The van der Waals surface area contributed by atoms with Gasteiger partial charge < -0.3 is 39.0 Å². The number of unbranched alkanes of at least 4 members (excludes halogenated alkanes) is 50. The molecular formula is C120H233BrN4O10. The molecule has 135 heavy (non-hydrogen) atoms. The summed E-state index contributed by atoms with van der Waals surface area (Å²) >= 11 is 3.57. The van der Waals surface area contributed by atoms with Crippen LogP contribution in [0.3, 0.4) is 0 Å². The zero-order valence-corrected chi connectivity index (χ0v) is 93.6. The number of ether oxygens (including phenoxy) is 4. The number of carbonyl (C=O) groups excluding carboxylic acids is 6. The summed E-state index contributed by atoms with van der Waals surface area (Å²) in [6.45, 7) is 32.5. The molecule has 0 bridgehead atoms. The second-order valence-electron chi connectivity index (χ2n) is 42.4. The molecule has 14 nitrogen and oxygen atoms in total. The third-order valence-corrected chi connectivity index (χ3v) is 29.9. The van der Waals surface area contributed by atoms with E-state index >= 15 is 0 Å². The molecule has 2 aliphatic heterocycles. The van der Waals surface area contributed by atoms with Crippen molar-refractivity contribution in [1.29, 1.82) is 0 Å². The van der Waals surface area contributed by atoms with Crippen LogP contribution in [0.4, 0.5) is 0 Å². The summed E-state index contributed by atoms with van der Waals surface area (Å²) in [7, 11) is 0. The van der Waals surface area contributed by atoms with E-state index in [0.717, 1.165) is 154 Å². The van der Waals surface area contributed by atoms with E-state index in [1.807, 2.05) is 0 Å². The zero-order chi connectivity index (χ0) is 98.5. The van der Waals surface area contributed by atoms with Crippen LogP contribution >= 0.6 is 15.9 Å². The van der Waals surface area contributed by atoms with Crippen molar-refractivity contribution in [1.82, 2.24) is 20.0 Å². The molecule has 4 unspecified atom stereocenters. The quantitative estimate of drug-likeness (QED) is 0.0266. The van der Waals surface area contributed by atoms with E-state index in [4.69, 9.17) is 18.9 Å². The fourth-order valence-electron chi connectivity index (χ4n) is 20.2. The molecule has 0 spiro atoms. The van der Waals surface area contributed by atoms with Crippen LogP contribution in [0.2, 0.25) is 0 Å². The highest BCUT2D eigenvalue weighted by molar-refractivity contribution is 9.09. The molecule has 2 heterocycles. The molecule has 4 atom stereocenters. The lowest BCUT2D eigenvalue weighted by Crippen LogP contribution is -2.42. The largest absolute Gasteiger partial charge is 0.465 e. The Morgan fingerprint density at radius 2 is 0.452 bits per heavy atom. The van der Waals surface area contributed by atoms with Crippen LogP contribution in [0, 0.1) is 23.7 Å². The summed E-state index contributed by atoms with van der Waals surface area (Å²) < 4.78 is 23.1. The SMILES string of the molecule is C1CCNC1.CCCCCCCCCCN(C(=O)CCBr)C(CCCCCCCCC(=O)OCC(CCCC)CCCCCC)CCCCCCCCC(=O)OCC(CCCC)CCCCCC.CCCCCCCCCCN(C(=O)CCN1CCCC1)C(CCCCCCCCC(=O)OCC(CCCC)CCCCCC)CCCCCCCCC(=O)OCC(CCCC)CCCCCC. The molecule has 2 fully saturated rings. The predicted molar refractivity (Wildman–Crippen MR) is 586 cm³/mol. The number of halogens is 1. The van der Waals surface area contributed by atoms with Gasteiger partial charge in [0.2, 0.25) is 11.8 Å². The Bertz CT molecular complexity index is 2380. The minimum atomic E-state index is -0.00723. The van der Waals surface area contributed by atoms with Gasteiger partial charge in [-0.1, -0.05) is 458 Å². The van der Waals surface area contributed by atoms with Gasteiger partial charge in [-0.3, -0.25) is 28.8 Å². The third kappa shape index (κ3) is 88.6. The Kier molecular flexibility index (Phi) is 103. The van der Waals surface area contributed by atoms with Gasteiger partial charge in [-0.2, -0.15) is 0 Å². The first kappa shape index (κ1) is 132. The maximum absolute atomic E-state index is 14.1. The molecule has 0 saturated carbocycles. The molecule has 1 N–H and O–H groups in total. The Morgan fingerprint density at radius 3 is 0.689 bits per heavy atom. The van der Waals surface area contributed by atoms with Crippen LogP contribution in [0.1, 0.15) is 621 Å². The van der Waals surface area contributed by atoms with Gasteiger partial charge in [0.25, 0.3) is 0 Å². The van der Waals surface area contributed by atoms with Gasteiger partial charge in [0.05, 0.1) is 26.4 Å². The lowest BCUT2D eigenvalue weighted by molar-refractivity contribution is -0.146. The Morgan fingerprint density at radius 1 is 0.244 bits per heavy atom. The first-order valence-corrected chi connectivity index (χ1v) is 61.6. The van der Waals surface area contributed by atoms with Gasteiger partial charge in [0.15, 0.2) is 0 Å². The van der Waals surface area contributed by atoms with Crippen LogP contribution in [0.25, 0.3) is 0 Å². The highest BCUT2D eigenvalue weighted by Crippen LogP contribution is 2.29.